The minimum absolute atomic E-state index is 0.0612. The number of carbonyl (C=O) groups is 2. The van der Waals surface area contributed by atoms with E-state index < -0.39 is 11.9 Å². The fourth-order valence-electron chi connectivity index (χ4n) is 4.45. The first kappa shape index (κ1) is 12.6. The summed E-state index contributed by atoms with van der Waals surface area (Å²) in [6.45, 7) is 6.47. The number of carboxylic acids is 1. The molecule has 3 nitrogen and oxygen atoms in total. The number of ketones is 1. The summed E-state index contributed by atoms with van der Waals surface area (Å²) >= 11 is 0. The summed E-state index contributed by atoms with van der Waals surface area (Å²) < 4.78 is 0. The molecule has 0 saturated heterocycles. The number of fused-ring (bicyclic) bond motifs is 1. The Balaban J connectivity index is 2.41. The first-order chi connectivity index (χ1) is 7.79. The molecule has 0 amide bonds. The Morgan fingerprint density at radius 2 is 1.94 bits per heavy atom. The van der Waals surface area contributed by atoms with Crippen molar-refractivity contribution in [2.24, 2.45) is 22.7 Å². The molecule has 0 bridgehead atoms. The van der Waals surface area contributed by atoms with Gasteiger partial charge in [0.2, 0.25) is 0 Å². The van der Waals surface area contributed by atoms with Crippen LogP contribution in [0.1, 0.15) is 52.9 Å². The van der Waals surface area contributed by atoms with E-state index in [1.165, 1.54) is 0 Å². The number of hydrogen-bond donors (Lipinski definition) is 1. The summed E-state index contributed by atoms with van der Waals surface area (Å²) in [5.41, 5.74) is -0.162. The molecule has 0 aliphatic heterocycles. The van der Waals surface area contributed by atoms with Crippen LogP contribution in [0.4, 0.5) is 0 Å². The van der Waals surface area contributed by atoms with E-state index >= 15 is 0 Å². The fourth-order valence-corrected chi connectivity index (χ4v) is 4.45. The molecule has 2 aliphatic carbocycles. The highest BCUT2D eigenvalue weighted by molar-refractivity contribution is 5.99. The van der Waals surface area contributed by atoms with Crippen LogP contribution in [0.2, 0.25) is 0 Å². The molecular weight excluding hydrogens is 216 g/mol. The fraction of sp³-hybridized carbons (Fsp3) is 0.857. The molecule has 0 heterocycles. The highest BCUT2D eigenvalue weighted by Gasteiger charge is 2.57. The van der Waals surface area contributed by atoms with Gasteiger partial charge in [-0.2, -0.15) is 0 Å². The summed E-state index contributed by atoms with van der Waals surface area (Å²) in [6.07, 6.45) is 4.38. The Hall–Kier alpha value is -0.860. The normalized spacial score (nSPS) is 40.8. The number of Topliss-reactive ketones (excluding diaryl/α,β-unsaturated/α-hetero) is 1. The van der Waals surface area contributed by atoms with Crippen LogP contribution in [0.3, 0.4) is 0 Å². The van der Waals surface area contributed by atoms with Crippen LogP contribution in [-0.4, -0.2) is 16.9 Å². The van der Waals surface area contributed by atoms with Crippen molar-refractivity contribution in [2.75, 3.05) is 0 Å². The van der Waals surface area contributed by atoms with Crippen LogP contribution < -0.4 is 0 Å². The van der Waals surface area contributed by atoms with E-state index in [1.807, 2.05) is 6.92 Å². The van der Waals surface area contributed by atoms with E-state index in [0.29, 0.717) is 12.3 Å². The van der Waals surface area contributed by atoms with Gasteiger partial charge in [0.1, 0.15) is 11.7 Å². The van der Waals surface area contributed by atoms with Gasteiger partial charge in [0, 0.05) is 6.42 Å². The second-order valence-electron chi connectivity index (χ2n) is 6.68. The molecule has 0 spiro atoms. The van der Waals surface area contributed by atoms with Crippen LogP contribution in [-0.2, 0) is 9.59 Å². The van der Waals surface area contributed by atoms with Crippen LogP contribution >= 0.6 is 0 Å². The summed E-state index contributed by atoms with van der Waals surface area (Å²) in [4.78, 5) is 23.3. The molecule has 0 aromatic carbocycles. The Bertz CT molecular complexity index is 358. The van der Waals surface area contributed by atoms with Gasteiger partial charge in [0.15, 0.2) is 0 Å². The lowest BCUT2D eigenvalue weighted by Gasteiger charge is -2.55. The number of aliphatic carboxylic acids is 1. The van der Waals surface area contributed by atoms with Gasteiger partial charge in [-0.15, -0.1) is 0 Å². The Kier molecular flexibility index (Phi) is 2.83. The number of carboxylic acid groups (broad SMARTS) is 1. The predicted molar refractivity (Wildman–Crippen MR) is 64.6 cm³/mol. The van der Waals surface area contributed by atoms with Crippen molar-refractivity contribution in [3.05, 3.63) is 0 Å². The van der Waals surface area contributed by atoms with Crippen molar-refractivity contribution in [1.82, 2.24) is 0 Å². The van der Waals surface area contributed by atoms with Gasteiger partial charge in [-0.3, -0.25) is 9.59 Å². The Morgan fingerprint density at radius 3 is 2.53 bits per heavy atom. The molecule has 2 fully saturated rings. The zero-order chi connectivity index (χ0) is 12.8. The van der Waals surface area contributed by atoms with Crippen LogP contribution in [0, 0.1) is 22.7 Å². The van der Waals surface area contributed by atoms with Crippen LogP contribution in [0.25, 0.3) is 0 Å². The third-order valence-corrected chi connectivity index (χ3v) is 5.18. The summed E-state index contributed by atoms with van der Waals surface area (Å²) in [7, 11) is 0. The van der Waals surface area contributed by atoms with Gasteiger partial charge in [-0.25, -0.2) is 0 Å². The molecule has 17 heavy (non-hydrogen) atoms. The van der Waals surface area contributed by atoms with E-state index in [4.69, 9.17) is 0 Å². The zero-order valence-corrected chi connectivity index (χ0v) is 11.0. The number of hydrogen-bond acceptors (Lipinski definition) is 2. The molecule has 2 aliphatic rings. The third kappa shape index (κ3) is 1.80. The molecule has 1 unspecified atom stereocenters. The van der Waals surface area contributed by atoms with E-state index in [0.717, 1.165) is 25.7 Å². The monoisotopic (exact) mass is 238 g/mol. The molecule has 1 N–H and O–H groups in total. The molecular formula is C14H22O3. The molecule has 2 rings (SSSR count). The van der Waals surface area contributed by atoms with Crippen LogP contribution in [0.15, 0.2) is 0 Å². The van der Waals surface area contributed by atoms with Crippen molar-refractivity contribution < 1.29 is 14.7 Å². The van der Waals surface area contributed by atoms with Gasteiger partial charge in [-0.05, 0) is 36.0 Å². The SMILES string of the molecule is CC1(C)CCC[C@]2(C)C(C(=O)O)C(=O)CC[C@@H]12. The summed E-state index contributed by atoms with van der Waals surface area (Å²) in [5.74, 6) is -1.39. The van der Waals surface area contributed by atoms with Gasteiger partial charge >= 0.3 is 5.97 Å². The maximum absolute atomic E-state index is 11.9. The quantitative estimate of drug-likeness (QED) is 0.715. The summed E-state index contributed by atoms with van der Waals surface area (Å²) in [6, 6.07) is 0. The Morgan fingerprint density at radius 1 is 1.29 bits per heavy atom. The Labute approximate surface area is 103 Å². The van der Waals surface area contributed by atoms with Gasteiger partial charge in [0.25, 0.3) is 0 Å². The minimum atomic E-state index is -0.917. The first-order valence-corrected chi connectivity index (χ1v) is 6.54. The standard InChI is InChI=1S/C14H22O3/c1-13(2)7-4-8-14(3)10(13)6-5-9(15)11(14)12(16)17/h10-11H,4-8H2,1-3H3,(H,16,17)/t10-,11?,14-/m0/s1. The van der Waals surface area contributed by atoms with E-state index in [-0.39, 0.29) is 16.6 Å². The topological polar surface area (TPSA) is 54.4 Å². The maximum Gasteiger partial charge on any atom is 0.314 e. The highest BCUT2D eigenvalue weighted by Crippen LogP contribution is 2.58. The molecule has 3 atom stereocenters. The van der Waals surface area contributed by atoms with E-state index in [1.54, 1.807) is 0 Å². The lowest BCUT2D eigenvalue weighted by Crippen LogP contribution is -2.54. The molecule has 0 aromatic heterocycles. The molecule has 0 radical (unpaired) electrons. The van der Waals surface area contributed by atoms with Crippen LogP contribution in [0.5, 0.6) is 0 Å². The molecule has 96 valence electrons. The highest BCUT2D eigenvalue weighted by atomic mass is 16.4. The lowest BCUT2D eigenvalue weighted by atomic mass is 9.48. The largest absolute Gasteiger partial charge is 0.481 e. The van der Waals surface area contributed by atoms with Crippen molar-refractivity contribution in [1.29, 1.82) is 0 Å². The first-order valence-electron chi connectivity index (χ1n) is 6.54. The van der Waals surface area contributed by atoms with Crippen molar-refractivity contribution in [3.8, 4) is 0 Å². The smallest absolute Gasteiger partial charge is 0.314 e. The van der Waals surface area contributed by atoms with Crippen molar-refractivity contribution in [2.45, 2.75) is 52.9 Å². The van der Waals surface area contributed by atoms with E-state index in [2.05, 4.69) is 13.8 Å². The van der Waals surface area contributed by atoms with Crippen molar-refractivity contribution in [3.63, 3.8) is 0 Å². The van der Waals surface area contributed by atoms with E-state index in [9.17, 15) is 14.7 Å². The number of carbonyl (C=O) groups excluding carboxylic acids is 1. The van der Waals surface area contributed by atoms with Gasteiger partial charge in [0.05, 0.1) is 0 Å². The van der Waals surface area contributed by atoms with Gasteiger partial charge < -0.3 is 5.11 Å². The second-order valence-corrected chi connectivity index (χ2v) is 6.68. The minimum Gasteiger partial charge on any atom is -0.481 e. The van der Waals surface area contributed by atoms with Crippen molar-refractivity contribution >= 4 is 11.8 Å². The summed E-state index contributed by atoms with van der Waals surface area (Å²) in [5, 5.41) is 9.36. The van der Waals surface area contributed by atoms with Gasteiger partial charge in [-0.1, -0.05) is 27.2 Å². The lowest BCUT2D eigenvalue weighted by molar-refractivity contribution is -0.164. The average Bonchev–Trinajstić information content (AvgIpc) is 2.14. The average molecular weight is 238 g/mol. The maximum atomic E-state index is 11.9. The molecule has 0 aromatic rings. The number of rotatable bonds is 1. The molecule has 2 saturated carbocycles. The second kappa shape index (κ2) is 3.82. The molecule has 3 heteroatoms. The predicted octanol–water partition coefficient (Wildman–Crippen LogP) is 2.88. The zero-order valence-electron chi connectivity index (χ0n) is 11.0. The third-order valence-electron chi connectivity index (χ3n) is 5.18.